The number of aliphatic hydroxyl groups excluding tert-OH is 1. The first-order valence-corrected chi connectivity index (χ1v) is 8.20. The molecule has 0 amide bonds. The summed E-state index contributed by atoms with van der Waals surface area (Å²) in [6.07, 6.45) is -6.55. The van der Waals surface area contributed by atoms with Crippen LogP contribution in [0.15, 0.2) is 29.3 Å². The van der Waals surface area contributed by atoms with Crippen LogP contribution in [-0.4, -0.2) is 42.0 Å². The second-order valence-corrected chi connectivity index (χ2v) is 6.58. The number of aliphatic hydroxyl groups is 1. The van der Waals surface area contributed by atoms with E-state index in [9.17, 15) is 13.2 Å². The van der Waals surface area contributed by atoms with E-state index in [0.29, 0.717) is 13.0 Å². The molecule has 0 fully saturated rings. The maximum Gasteiger partial charge on any atom is 0.416 e. The van der Waals surface area contributed by atoms with Crippen LogP contribution in [0.25, 0.3) is 0 Å². The van der Waals surface area contributed by atoms with Gasteiger partial charge in [0.1, 0.15) is 11.4 Å². The highest BCUT2D eigenvalue weighted by Gasteiger charge is 2.38. The Kier molecular flexibility index (Phi) is 8.00. The fourth-order valence-electron chi connectivity index (χ4n) is 2.70. The van der Waals surface area contributed by atoms with Crippen LogP contribution in [0.4, 0.5) is 13.2 Å². The highest BCUT2D eigenvalue weighted by molar-refractivity contribution is 14.0. The molecule has 0 aliphatic carbocycles. The molecule has 1 aliphatic heterocycles. The number of rotatable bonds is 4. The van der Waals surface area contributed by atoms with E-state index in [1.807, 2.05) is 45.0 Å². The van der Waals surface area contributed by atoms with E-state index in [0.717, 1.165) is 11.3 Å². The van der Waals surface area contributed by atoms with Gasteiger partial charge in [-0.15, -0.1) is 24.0 Å². The third-order valence-electron chi connectivity index (χ3n) is 3.83. The van der Waals surface area contributed by atoms with E-state index in [1.54, 1.807) is 0 Å². The zero-order valence-corrected chi connectivity index (χ0v) is 17.3. The van der Waals surface area contributed by atoms with Crippen LogP contribution in [0.5, 0.6) is 5.75 Å². The molecule has 2 atom stereocenters. The first-order valence-electron chi connectivity index (χ1n) is 8.20. The number of halogens is 4. The van der Waals surface area contributed by atoms with Crippen molar-refractivity contribution in [3.05, 3.63) is 29.8 Å². The topological polar surface area (TPSA) is 65.9 Å². The molecule has 5 nitrogen and oxygen atoms in total. The average Bonchev–Trinajstić information content (AvgIpc) is 2.50. The first kappa shape index (κ1) is 22.8. The van der Waals surface area contributed by atoms with Gasteiger partial charge in [-0.2, -0.15) is 13.2 Å². The summed E-state index contributed by atoms with van der Waals surface area (Å²) in [6, 6.07) is 7.36. The van der Waals surface area contributed by atoms with Crippen LogP contribution >= 0.6 is 24.0 Å². The number of para-hydroxylation sites is 1. The summed E-state index contributed by atoms with van der Waals surface area (Å²) in [6.45, 7) is 5.46. The third-order valence-corrected chi connectivity index (χ3v) is 3.83. The SMILES string of the molecule is CCNC(=NCC(O)C(F)(F)F)NC1CC(C)(C)Oc2ccccc21.I. The molecule has 0 spiro atoms. The number of alkyl halides is 3. The Morgan fingerprint density at radius 3 is 2.65 bits per heavy atom. The summed E-state index contributed by atoms with van der Waals surface area (Å²) in [5.41, 5.74) is 0.498. The minimum atomic E-state index is -4.69. The number of nitrogens with one attached hydrogen (secondary N) is 2. The van der Waals surface area contributed by atoms with Crippen LogP contribution in [0.2, 0.25) is 0 Å². The van der Waals surface area contributed by atoms with Crippen molar-refractivity contribution in [2.24, 2.45) is 4.99 Å². The van der Waals surface area contributed by atoms with Crippen LogP contribution < -0.4 is 15.4 Å². The van der Waals surface area contributed by atoms with Gasteiger partial charge >= 0.3 is 6.18 Å². The van der Waals surface area contributed by atoms with Gasteiger partial charge < -0.3 is 20.5 Å². The molecule has 2 rings (SSSR count). The lowest BCUT2D eigenvalue weighted by Gasteiger charge is -2.38. The molecule has 1 aliphatic rings. The van der Waals surface area contributed by atoms with Crippen molar-refractivity contribution in [1.29, 1.82) is 0 Å². The number of hydrogen-bond acceptors (Lipinski definition) is 3. The van der Waals surface area contributed by atoms with Crippen molar-refractivity contribution in [1.82, 2.24) is 10.6 Å². The lowest BCUT2D eigenvalue weighted by molar-refractivity contribution is -0.199. The lowest BCUT2D eigenvalue weighted by Crippen LogP contribution is -2.46. The maximum absolute atomic E-state index is 12.5. The highest BCUT2D eigenvalue weighted by Crippen LogP contribution is 2.39. The van der Waals surface area contributed by atoms with Crippen molar-refractivity contribution in [2.75, 3.05) is 13.1 Å². The molecule has 0 aromatic heterocycles. The fraction of sp³-hybridized carbons (Fsp3) is 0.588. The number of nitrogens with zero attached hydrogens (tertiary/aromatic N) is 1. The second kappa shape index (κ2) is 9.12. The lowest BCUT2D eigenvalue weighted by atomic mass is 9.90. The second-order valence-electron chi connectivity index (χ2n) is 6.58. The van der Waals surface area contributed by atoms with Crippen molar-refractivity contribution in [3.8, 4) is 5.75 Å². The molecule has 26 heavy (non-hydrogen) atoms. The van der Waals surface area contributed by atoms with Crippen LogP contribution in [-0.2, 0) is 0 Å². The molecule has 3 N–H and O–H groups in total. The summed E-state index contributed by atoms with van der Waals surface area (Å²) in [5.74, 6) is 0.964. The number of guanidine groups is 1. The Morgan fingerprint density at radius 1 is 1.38 bits per heavy atom. The molecule has 9 heteroatoms. The van der Waals surface area contributed by atoms with E-state index < -0.39 is 24.4 Å². The Labute approximate surface area is 168 Å². The van der Waals surface area contributed by atoms with Gasteiger partial charge in [-0.25, -0.2) is 0 Å². The van der Waals surface area contributed by atoms with E-state index >= 15 is 0 Å². The van der Waals surface area contributed by atoms with Gasteiger partial charge in [0.2, 0.25) is 0 Å². The van der Waals surface area contributed by atoms with Crippen LogP contribution in [0.3, 0.4) is 0 Å². The number of aliphatic imine (C=N–C) groups is 1. The predicted octanol–water partition coefficient (Wildman–Crippen LogP) is 3.39. The number of benzene rings is 1. The van der Waals surface area contributed by atoms with Gasteiger partial charge in [0, 0.05) is 18.5 Å². The van der Waals surface area contributed by atoms with Gasteiger partial charge in [-0.05, 0) is 26.8 Å². The molecule has 0 radical (unpaired) electrons. The third kappa shape index (κ3) is 6.19. The molecule has 1 aromatic carbocycles. The van der Waals surface area contributed by atoms with Gasteiger partial charge in [-0.3, -0.25) is 4.99 Å². The highest BCUT2D eigenvalue weighted by atomic mass is 127. The van der Waals surface area contributed by atoms with E-state index in [-0.39, 0.29) is 36.0 Å². The normalized spacial score (nSPS) is 20.3. The summed E-state index contributed by atoms with van der Waals surface area (Å²) in [5, 5.41) is 15.2. The predicted molar refractivity (Wildman–Crippen MR) is 105 cm³/mol. The van der Waals surface area contributed by atoms with Crippen LogP contribution in [0.1, 0.15) is 38.8 Å². The van der Waals surface area contributed by atoms with Gasteiger partial charge in [-0.1, -0.05) is 18.2 Å². The molecule has 1 heterocycles. The van der Waals surface area contributed by atoms with Gasteiger partial charge in [0.25, 0.3) is 0 Å². The van der Waals surface area contributed by atoms with Crippen molar-refractivity contribution >= 4 is 29.9 Å². The number of fused-ring (bicyclic) bond motifs is 1. The summed E-state index contributed by atoms with van der Waals surface area (Å²) < 4.78 is 43.3. The Morgan fingerprint density at radius 2 is 2.04 bits per heavy atom. The number of ether oxygens (including phenoxy) is 1. The molecular formula is C17H25F3IN3O2. The first-order chi connectivity index (χ1) is 11.6. The molecule has 2 unspecified atom stereocenters. The van der Waals surface area contributed by atoms with Crippen LogP contribution in [0, 0.1) is 0 Å². The van der Waals surface area contributed by atoms with Crippen molar-refractivity contribution in [3.63, 3.8) is 0 Å². The summed E-state index contributed by atoms with van der Waals surface area (Å²) in [4.78, 5) is 3.88. The monoisotopic (exact) mass is 487 g/mol. The van der Waals surface area contributed by atoms with Gasteiger partial charge in [0.15, 0.2) is 12.1 Å². The maximum atomic E-state index is 12.5. The van der Waals surface area contributed by atoms with E-state index in [2.05, 4.69) is 15.6 Å². The van der Waals surface area contributed by atoms with E-state index in [4.69, 9.17) is 9.84 Å². The molecular weight excluding hydrogens is 462 g/mol. The average molecular weight is 487 g/mol. The Hall–Kier alpha value is -1.23. The smallest absolute Gasteiger partial charge is 0.416 e. The number of hydrogen-bond donors (Lipinski definition) is 3. The summed E-state index contributed by atoms with van der Waals surface area (Å²) >= 11 is 0. The minimum absolute atomic E-state index is 0. The minimum Gasteiger partial charge on any atom is -0.487 e. The van der Waals surface area contributed by atoms with Gasteiger partial charge in [0.05, 0.1) is 12.6 Å². The molecule has 0 saturated carbocycles. The quantitative estimate of drug-likeness (QED) is 0.346. The van der Waals surface area contributed by atoms with Crippen molar-refractivity contribution < 1.29 is 23.0 Å². The Bertz CT molecular complexity index is 624. The van der Waals surface area contributed by atoms with E-state index in [1.165, 1.54) is 0 Å². The zero-order chi connectivity index (χ0) is 18.7. The molecule has 0 saturated heterocycles. The molecule has 148 valence electrons. The Balaban J connectivity index is 0.00000338. The largest absolute Gasteiger partial charge is 0.487 e. The molecule has 0 bridgehead atoms. The fourth-order valence-corrected chi connectivity index (χ4v) is 2.70. The molecule has 1 aromatic rings. The standard InChI is InChI=1S/C17H24F3N3O2.HI/c1-4-21-15(22-10-14(24)17(18,19)20)23-12-9-16(2,3)25-13-8-6-5-7-11(12)13;/h5-8,12,14,24H,4,9-10H2,1-3H3,(H2,21,22,23);1H. The summed E-state index contributed by atoms with van der Waals surface area (Å²) in [7, 11) is 0. The van der Waals surface area contributed by atoms with Crippen molar-refractivity contribution in [2.45, 2.75) is 51.1 Å². The zero-order valence-electron chi connectivity index (χ0n) is 14.9.